The van der Waals surface area contributed by atoms with Gasteiger partial charge in [0.25, 0.3) is 11.8 Å². The van der Waals surface area contributed by atoms with Crippen LogP contribution in [0.3, 0.4) is 0 Å². The Morgan fingerprint density at radius 2 is 2.32 bits per heavy atom. The maximum atomic E-state index is 11.9. The molecule has 0 saturated heterocycles. The van der Waals surface area contributed by atoms with E-state index in [1.807, 2.05) is 12.1 Å². The van der Waals surface area contributed by atoms with Crippen LogP contribution in [-0.2, 0) is 4.79 Å². The van der Waals surface area contributed by atoms with Gasteiger partial charge in [0, 0.05) is 24.5 Å². The fourth-order valence-electron chi connectivity index (χ4n) is 1.94. The lowest BCUT2D eigenvalue weighted by Crippen LogP contribution is -2.16. The quantitative estimate of drug-likeness (QED) is 0.731. The van der Waals surface area contributed by atoms with Crippen molar-refractivity contribution in [2.24, 2.45) is 0 Å². The van der Waals surface area contributed by atoms with Gasteiger partial charge in [-0.05, 0) is 24.3 Å². The Morgan fingerprint density at radius 3 is 3.00 bits per heavy atom. The number of anilines is 1. The van der Waals surface area contributed by atoms with E-state index in [2.05, 4.69) is 15.6 Å². The number of aromatic amines is 1. The Kier molecular flexibility index (Phi) is 2.72. The number of aromatic nitrogens is 1. The molecule has 1 aliphatic rings. The predicted octanol–water partition coefficient (Wildman–Crippen LogP) is 1.93. The highest BCUT2D eigenvalue weighted by Crippen LogP contribution is 2.39. The van der Waals surface area contributed by atoms with Crippen molar-refractivity contribution < 1.29 is 9.59 Å². The van der Waals surface area contributed by atoms with E-state index >= 15 is 0 Å². The molecule has 0 atom stereocenters. The minimum Gasteiger partial charge on any atom is -0.362 e. The van der Waals surface area contributed by atoms with Crippen molar-refractivity contribution in [1.82, 2.24) is 10.3 Å². The van der Waals surface area contributed by atoms with Crippen LogP contribution < -0.4 is 10.6 Å². The van der Waals surface area contributed by atoms with Crippen LogP contribution in [-0.4, -0.2) is 23.8 Å². The van der Waals surface area contributed by atoms with Gasteiger partial charge < -0.3 is 15.6 Å². The van der Waals surface area contributed by atoms with Gasteiger partial charge in [0.15, 0.2) is 0 Å². The SMILES string of the molecule is CNC(=O)c1cc2c(s1)NC(=O)C2=Cc1ccc[nH]1. The summed E-state index contributed by atoms with van der Waals surface area (Å²) in [4.78, 5) is 27.1. The molecule has 3 N–H and O–H groups in total. The number of amides is 2. The van der Waals surface area contributed by atoms with Crippen LogP contribution in [0.5, 0.6) is 0 Å². The van der Waals surface area contributed by atoms with Crippen LogP contribution in [0.25, 0.3) is 11.6 Å². The molecule has 96 valence electrons. The Labute approximate surface area is 113 Å². The number of carbonyl (C=O) groups is 2. The lowest BCUT2D eigenvalue weighted by molar-refractivity contribution is -0.110. The van der Waals surface area contributed by atoms with Gasteiger partial charge in [0.1, 0.15) is 5.00 Å². The number of hydrogen-bond donors (Lipinski definition) is 3. The van der Waals surface area contributed by atoms with Crippen molar-refractivity contribution in [2.45, 2.75) is 0 Å². The van der Waals surface area contributed by atoms with Gasteiger partial charge >= 0.3 is 0 Å². The normalized spacial score (nSPS) is 15.4. The molecule has 0 unspecified atom stereocenters. The van der Waals surface area contributed by atoms with Crippen LogP contribution >= 0.6 is 11.3 Å². The Hall–Kier alpha value is -2.34. The van der Waals surface area contributed by atoms with Gasteiger partial charge in [-0.2, -0.15) is 0 Å². The first-order chi connectivity index (χ1) is 9.19. The summed E-state index contributed by atoms with van der Waals surface area (Å²) in [6.07, 6.45) is 3.57. The molecule has 2 aromatic rings. The van der Waals surface area contributed by atoms with Crippen molar-refractivity contribution in [1.29, 1.82) is 0 Å². The molecule has 0 fully saturated rings. The first-order valence-corrected chi connectivity index (χ1v) is 6.53. The molecule has 0 spiro atoms. The minimum atomic E-state index is -0.145. The van der Waals surface area contributed by atoms with Gasteiger partial charge in [-0.25, -0.2) is 0 Å². The zero-order valence-corrected chi connectivity index (χ0v) is 10.9. The van der Waals surface area contributed by atoms with Crippen LogP contribution in [0.4, 0.5) is 5.00 Å². The van der Waals surface area contributed by atoms with Gasteiger partial charge in [-0.15, -0.1) is 11.3 Å². The summed E-state index contributed by atoms with van der Waals surface area (Å²) in [5.41, 5.74) is 2.21. The summed E-state index contributed by atoms with van der Waals surface area (Å²) in [7, 11) is 1.58. The molecular weight excluding hydrogens is 262 g/mol. The number of rotatable bonds is 2. The van der Waals surface area contributed by atoms with Crippen LogP contribution in [0.1, 0.15) is 20.9 Å². The van der Waals surface area contributed by atoms with Crippen molar-refractivity contribution in [3.05, 3.63) is 40.5 Å². The standard InChI is InChI=1S/C13H11N3O2S/c1-14-12(18)10-6-9-8(5-7-3-2-4-15-7)11(17)16-13(9)19-10/h2-6,15H,1H3,(H,14,18)(H,16,17). The number of thiophene rings is 1. The highest BCUT2D eigenvalue weighted by Gasteiger charge is 2.28. The molecule has 0 bridgehead atoms. The molecule has 2 aromatic heterocycles. The zero-order valence-electron chi connectivity index (χ0n) is 10.1. The second-order valence-electron chi connectivity index (χ2n) is 4.07. The molecule has 0 saturated carbocycles. The van der Waals surface area contributed by atoms with E-state index in [0.29, 0.717) is 10.5 Å². The molecule has 0 aliphatic carbocycles. The second-order valence-corrected chi connectivity index (χ2v) is 5.12. The summed E-state index contributed by atoms with van der Waals surface area (Å²) in [5.74, 6) is -0.285. The summed E-state index contributed by atoms with van der Waals surface area (Å²) in [6.45, 7) is 0. The largest absolute Gasteiger partial charge is 0.362 e. The fourth-order valence-corrected chi connectivity index (χ4v) is 2.96. The van der Waals surface area contributed by atoms with E-state index in [1.54, 1.807) is 25.4 Å². The monoisotopic (exact) mass is 273 g/mol. The van der Waals surface area contributed by atoms with Crippen molar-refractivity contribution in [3.63, 3.8) is 0 Å². The average Bonchev–Trinajstić information content (AvgIpc) is 3.08. The molecular formula is C13H11N3O2S. The first-order valence-electron chi connectivity index (χ1n) is 5.72. The maximum absolute atomic E-state index is 11.9. The average molecular weight is 273 g/mol. The maximum Gasteiger partial charge on any atom is 0.261 e. The highest BCUT2D eigenvalue weighted by molar-refractivity contribution is 7.18. The topological polar surface area (TPSA) is 74.0 Å². The predicted molar refractivity (Wildman–Crippen MR) is 75.0 cm³/mol. The van der Waals surface area contributed by atoms with Gasteiger partial charge in [-0.3, -0.25) is 9.59 Å². The molecule has 3 heterocycles. The second kappa shape index (κ2) is 4.40. The third-order valence-electron chi connectivity index (χ3n) is 2.87. The van der Waals surface area contributed by atoms with Gasteiger partial charge in [-0.1, -0.05) is 0 Å². The summed E-state index contributed by atoms with van der Waals surface area (Å²) in [5, 5.41) is 6.07. The van der Waals surface area contributed by atoms with E-state index in [9.17, 15) is 9.59 Å². The molecule has 0 aromatic carbocycles. The van der Waals surface area contributed by atoms with Crippen molar-refractivity contribution in [3.8, 4) is 0 Å². The van der Waals surface area contributed by atoms with E-state index < -0.39 is 0 Å². The van der Waals surface area contributed by atoms with E-state index in [4.69, 9.17) is 0 Å². The van der Waals surface area contributed by atoms with Crippen molar-refractivity contribution in [2.75, 3.05) is 12.4 Å². The summed E-state index contributed by atoms with van der Waals surface area (Å²) >= 11 is 1.28. The minimum absolute atomic E-state index is 0.140. The molecule has 0 radical (unpaired) electrons. The lowest BCUT2D eigenvalue weighted by Gasteiger charge is -1.96. The summed E-state index contributed by atoms with van der Waals surface area (Å²) < 4.78 is 0. The fraction of sp³-hybridized carbons (Fsp3) is 0.0769. The first kappa shape index (κ1) is 11.7. The Morgan fingerprint density at radius 1 is 1.47 bits per heavy atom. The third kappa shape index (κ3) is 1.96. The van der Waals surface area contributed by atoms with Crippen molar-refractivity contribution >= 4 is 39.8 Å². The Bertz CT molecular complexity index is 683. The molecule has 3 rings (SSSR count). The molecule has 2 amide bonds. The highest BCUT2D eigenvalue weighted by atomic mass is 32.1. The van der Waals surface area contributed by atoms with E-state index in [-0.39, 0.29) is 11.8 Å². The Balaban J connectivity index is 2.03. The van der Waals surface area contributed by atoms with Gasteiger partial charge in [0.2, 0.25) is 0 Å². The molecule has 1 aliphatic heterocycles. The van der Waals surface area contributed by atoms with Crippen LogP contribution in [0, 0.1) is 0 Å². The lowest BCUT2D eigenvalue weighted by atomic mass is 10.1. The number of nitrogens with one attached hydrogen (secondary N) is 3. The number of hydrogen-bond acceptors (Lipinski definition) is 3. The zero-order chi connectivity index (χ0) is 13.4. The third-order valence-corrected chi connectivity index (χ3v) is 3.92. The number of H-pyrrole nitrogens is 1. The van der Waals surface area contributed by atoms with Crippen LogP contribution in [0.2, 0.25) is 0 Å². The van der Waals surface area contributed by atoms with E-state index in [0.717, 1.165) is 16.3 Å². The van der Waals surface area contributed by atoms with E-state index in [1.165, 1.54) is 11.3 Å². The number of carbonyl (C=O) groups excluding carboxylic acids is 2. The van der Waals surface area contributed by atoms with Gasteiger partial charge in [0.05, 0.1) is 10.5 Å². The smallest absolute Gasteiger partial charge is 0.261 e. The van der Waals surface area contributed by atoms with Crippen LogP contribution in [0.15, 0.2) is 24.4 Å². The molecule has 5 nitrogen and oxygen atoms in total. The summed E-state index contributed by atoms with van der Waals surface area (Å²) in [6, 6.07) is 5.49. The number of fused-ring (bicyclic) bond motifs is 1. The molecule has 6 heteroatoms. The molecule has 19 heavy (non-hydrogen) atoms.